The van der Waals surface area contributed by atoms with Crippen LogP contribution < -0.4 is 5.32 Å². The summed E-state index contributed by atoms with van der Waals surface area (Å²) in [5, 5.41) is 3.40. The summed E-state index contributed by atoms with van der Waals surface area (Å²) < 4.78 is 0. The molecule has 1 heterocycles. The lowest BCUT2D eigenvalue weighted by Gasteiger charge is -2.16. The van der Waals surface area contributed by atoms with Crippen LogP contribution in [0.2, 0.25) is 0 Å². The molecule has 0 aliphatic heterocycles. The van der Waals surface area contributed by atoms with Crippen molar-refractivity contribution in [1.82, 2.24) is 15.3 Å². The van der Waals surface area contributed by atoms with Gasteiger partial charge in [-0.15, -0.1) is 0 Å². The first kappa shape index (κ1) is 14.2. The summed E-state index contributed by atoms with van der Waals surface area (Å²) in [6.45, 7) is 0. The molecular weight excluding hydrogens is 258 g/mol. The van der Waals surface area contributed by atoms with Crippen molar-refractivity contribution < 1.29 is 0 Å². The van der Waals surface area contributed by atoms with Gasteiger partial charge >= 0.3 is 0 Å². The zero-order chi connectivity index (χ0) is 14.5. The van der Waals surface area contributed by atoms with Gasteiger partial charge < -0.3 is 5.32 Å². The first-order valence-corrected chi connectivity index (χ1v) is 7.92. The predicted octanol–water partition coefficient (Wildman–Crippen LogP) is 3.25. The molecule has 0 bridgehead atoms. The largest absolute Gasteiger partial charge is 0.313 e. The molecule has 0 fully saturated rings. The number of benzene rings is 1. The molecule has 0 radical (unpaired) electrons. The number of aromatic nitrogens is 2. The Labute approximate surface area is 126 Å². The van der Waals surface area contributed by atoms with Crippen molar-refractivity contribution in [1.29, 1.82) is 0 Å². The number of hydrogen-bond acceptors (Lipinski definition) is 3. The Balaban J connectivity index is 1.74. The van der Waals surface area contributed by atoms with Crippen molar-refractivity contribution in [3.63, 3.8) is 0 Å². The van der Waals surface area contributed by atoms with E-state index in [1.54, 1.807) is 0 Å². The summed E-state index contributed by atoms with van der Waals surface area (Å²) in [5.41, 5.74) is 3.91. The van der Waals surface area contributed by atoms with Crippen LogP contribution in [0.15, 0.2) is 36.5 Å². The van der Waals surface area contributed by atoms with Crippen molar-refractivity contribution in [2.24, 2.45) is 0 Å². The monoisotopic (exact) mass is 281 g/mol. The fourth-order valence-electron chi connectivity index (χ4n) is 3.08. The van der Waals surface area contributed by atoms with Crippen LogP contribution >= 0.6 is 0 Å². The van der Waals surface area contributed by atoms with E-state index >= 15 is 0 Å². The van der Waals surface area contributed by atoms with Gasteiger partial charge in [0.25, 0.3) is 0 Å². The van der Waals surface area contributed by atoms with Crippen LogP contribution in [0.1, 0.15) is 47.9 Å². The molecule has 1 unspecified atom stereocenters. The molecule has 3 heteroatoms. The second-order valence-corrected chi connectivity index (χ2v) is 5.76. The molecule has 1 aromatic carbocycles. The first-order valence-electron chi connectivity index (χ1n) is 7.92. The minimum atomic E-state index is 0.422. The standard InChI is InChI=1S/C18H23N3/c1-19-16-9-5-6-10-17-15(16)13-20-18(21-17)12-11-14-7-3-2-4-8-14/h2-4,7-8,13,16,19H,5-6,9-12H2,1H3. The third-order valence-corrected chi connectivity index (χ3v) is 4.31. The van der Waals surface area contributed by atoms with Gasteiger partial charge in [0.15, 0.2) is 0 Å². The minimum absolute atomic E-state index is 0.422. The number of fused-ring (bicyclic) bond motifs is 1. The smallest absolute Gasteiger partial charge is 0.128 e. The molecule has 2 aromatic rings. The zero-order valence-corrected chi connectivity index (χ0v) is 12.7. The Hall–Kier alpha value is -1.74. The van der Waals surface area contributed by atoms with Gasteiger partial charge in [-0.3, -0.25) is 0 Å². The highest BCUT2D eigenvalue weighted by atomic mass is 14.9. The summed E-state index contributed by atoms with van der Waals surface area (Å²) in [5.74, 6) is 0.981. The maximum absolute atomic E-state index is 4.84. The molecule has 0 saturated carbocycles. The number of rotatable bonds is 4. The quantitative estimate of drug-likeness (QED) is 0.874. The van der Waals surface area contributed by atoms with Gasteiger partial charge in [0.1, 0.15) is 5.82 Å². The Kier molecular flexibility index (Phi) is 4.61. The van der Waals surface area contributed by atoms with Gasteiger partial charge in [-0.05, 0) is 38.3 Å². The molecule has 110 valence electrons. The Morgan fingerprint density at radius 3 is 2.81 bits per heavy atom. The average Bonchev–Trinajstić information content (AvgIpc) is 2.75. The molecular formula is C18H23N3. The van der Waals surface area contributed by atoms with E-state index < -0.39 is 0 Å². The Morgan fingerprint density at radius 2 is 2.00 bits per heavy atom. The Bertz CT molecular complexity index is 580. The number of aryl methyl sites for hydroxylation is 3. The highest BCUT2D eigenvalue weighted by Gasteiger charge is 2.19. The van der Waals surface area contributed by atoms with Crippen LogP contribution in [0.3, 0.4) is 0 Å². The lowest BCUT2D eigenvalue weighted by molar-refractivity contribution is 0.531. The Morgan fingerprint density at radius 1 is 1.14 bits per heavy atom. The van der Waals surface area contributed by atoms with Gasteiger partial charge in [-0.25, -0.2) is 9.97 Å². The molecule has 1 N–H and O–H groups in total. The summed E-state index contributed by atoms with van der Waals surface area (Å²) in [6, 6.07) is 11.0. The van der Waals surface area contributed by atoms with Gasteiger partial charge in [0, 0.05) is 29.9 Å². The van der Waals surface area contributed by atoms with Gasteiger partial charge in [0.05, 0.1) is 0 Å². The molecule has 0 saturated heterocycles. The van der Waals surface area contributed by atoms with Crippen LogP contribution in [-0.4, -0.2) is 17.0 Å². The molecule has 1 aliphatic rings. The van der Waals surface area contributed by atoms with Crippen LogP contribution in [0.5, 0.6) is 0 Å². The number of nitrogens with zero attached hydrogens (tertiary/aromatic N) is 2. The third-order valence-electron chi connectivity index (χ3n) is 4.31. The molecule has 3 nitrogen and oxygen atoms in total. The lowest BCUT2D eigenvalue weighted by Crippen LogP contribution is -2.18. The average molecular weight is 281 g/mol. The van der Waals surface area contributed by atoms with Crippen LogP contribution in [0.4, 0.5) is 0 Å². The highest BCUT2D eigenvalue weighted by Crippen LogP contribution is 2.26. The predicted molar refractivity (Wildman–Crippen MR) is 85.2 cm³/mol. The maximum atomic E-state index is 4.84. The second-order valence-electron chi connectivity index (χ2n) is 5.76. The molecule has 0 spiro atoms. The van der Waals surface area contributed by atoms with E-state index in [1.807, 2.05) is 7.05 Å². The molecule has 1 aromatic heterocycles. The number of hydrogen-bond donors (Lipinski definition) is 1. The van der Waals surface area contributed by atoms with Gasteiger partial charge in [0.2, 0.25) is 0 Å². The van der Waals surface area contributed by atoms with E-state index in [2.05, 4.69) is 46.8 Å². The van der Waals surface area contributed by atoms with E-state index in [9.17, 15) is 0 Å². The fourth-order valence-corrected chi connectivity index (χ4v) is 3.08. The van der Waals surface area contributed by atoms with Crippen LogP contribution in [0, 0.1) is 0 Å². The SMILES string of the molecule is CNC1CCCCc2nc(CCc3ccccc3)ncc21. The minimum Gasteiger partial charge on any atom is -0.313 e. The summed E-state index contributed by atoms with van der Waals surface area (Å²) >= 11 is 0. The second kappa shape index (κ2) is 6.81. The topological polar surface area (TPSA) is 37.8 Å². The fraction of sp³-hybridized carbons (Fsp3) is 0.444. The van der Waals surface area contributed by atoms with Crippen LogP contribution in [0.25, 0.3) is 0 Å². The van der Waals surface area contributed by atoms with E-state index in [4.69, 9.17) is 4.98 Å². The van der Waals surface area contributed by atoms with Crippen molar-refractivity contribution in [3.8, 4) is 0 Å². The van der Waals surface area contributed by atoms with E-state index in [0.717, 1.165) is 25.1 Å². The molecule has 0 amide bonds. The van der Waals surface area contributed by atoms with Crippen LogP contribution in [-0.2, 0) is 19.3 Å². The van der Waals surface area contributed by atoms with Gasteiger partial charge in [-0.1, -0.05) is 36.8 Å². The lowest BCUT2D eigenvalue weighted by atomic mass is 10.0. The summed E-state index contributed by atoms with van der Waals surface area (Å²) in [4.78, 5) is 9.43. The van der Waals surface area contributed by atoms with Crippen molar-refractivity contribution in [2.75, 3.05) is 7.05 Å². The normalized spacial score (nSPS) is 18.0. The number of nitrogens with one attached hydrogen (secondary N) is 1. The van der Waals surface area contributed by atoms with Gasteiger partial charge in [-0.2, -0.15) is 0 Å². The molecule has 1 aliphatic carbocycles. The maximum Gasteiger partial charge on any atom is 0.128 e. The van der Waals surface area contributed by atoms with E-state index in [1.165, 1.54) is 36.1 Å². The molecule has 3 rings (SSSR count). The highest BCUT2D eigenvalue weighted by molar-refractivity contribution is 5.24. The van der Waals surface area contributed by atoms with Crippen molar-refractivity contribution >= 4 is 0 Å². The first-order chi connectivity index (χ1) is 10.4. The summed E-state index contributed by atoms with van der Waals surface area (Å²) in [6.07, 6.45) is 8.76. The van der Waals surface area contributed by atoms with Crippen molar-refractivity contribution in [3.05, 3.63) is 59.2 Å². The van der Waals surface area contributed by atoms with E-state index in [0.29, 0.717) is 6.04 Å². The van der Waals surface area contributed by atoms with E-state index in [-0.39, 0.29) is 0 Å². The third kappa shape index (κ3) is 3.48. The molecule has 21 heavy (non-hydrogen) atoms. The molecule has 1 atom stereocenters. The zero-order valence-electron chi connectivity index (χ0n) is 12.7. The van der Waals surface area contributed by atoms with Crippen molar-refractivity contribution in [2.45, 2.75) is 44.6 Å². The summed E-state index contributed by atoms with van der Waals surface area (Å²) in [7, 11) is 2.03.